The number of carbonyl (C=O) groups excluding carboxylic acids is 4. The second-order valence-electron chi connectivity index (χ2n) is 7.08. The van der Waals surface area contributed by atoms with Gasteiger partial charge in [-0.3, -0.25) is 29.4 Å². The molecule has 0 bridgehead atoms. The smallest absolute Gasteiger partial charge is 0.262 e. The number of benzene rings is 2. The van der Waals surface area contributed by atoms with Crippen LogP contribution in [0.1, 0.15) is 33.6 Å². The molecule has 32 heavy (non-hydrogen) atoms. The number of piperidine rings is 1. The number of aromatic hydroxyl groups is 1. The van der Waals surface area contributed by atoms with E-state index in [1.165, 1.54) is 44.6 Å². The normalized spacial score (nSPS) is 18.2. The van der Waals surface area contributed by atoms with Gasteiger partial charge in [-0.05, 0) is 24.6 Å². The van der Waals surface area contributed by atoms with Crippen molar-refractivity contribution in [3.8, 4) is 17.2 Å². The van der Waals surface area contributed by atoms with Crippen LogP contribution >= 0.6 is 0 Å². The zero-order valence-electron chi connectivity index (χ0n) is 17.1. The van der Waals surface area contributed by atoms with Crippen LogP contribution in [0.5, 0.6) is 17.2 Å². The minimum atomic E-state index is -1.04. The molecular weight excluding hydrogens is 420 g/mol. The summed E-state index contributed by atoms with van der Waals surface area (Å²) in [6.45, 7) is 0. The highest BCUT2D eigenvalue weighted by atomic mass is 16.5. The van der Waals surface area contributed by atoms with E-state index in [0.717, 1.165) is 4.90 Å². The summed E-state index contributed by atoms with van der Waals surface area (Å²) in [6.07, 6.45) is 0.121. The molecule has 2 aromatic rings. The van der Waals surface area contributed by atoms with Crippen LogP contribution in [0.2, 0.25) is 0 Å². The summed E-state index contributed by atoms with van der Waals surface area (Å²) in [6, 6.07) is 6.22. The zero-order valence-corrected chi connectivity index (χ0v) is 17.1. The van der Waals surface area contributed by atoms with Crippen molar-refractivity contribution in [2.24, 2.45) is 10.2 Å². The molecule has 11 heteroatoms. The Bertz CT molecular complexity index is 1170. The minimum Gasteiger partial charge on any atom is -0.502 e. The van der Waals surface area contributed by atoms with Gasteiger partial charge in [-0.15, -0.1) is 0 Å². The van der Waals surface area contributed by atoms with Gasteiger partial charge < -0.3 is 14.6 Å². The van der Waals surface area contributed by atoms with Gasteiger partial charge in [-0.25, -0.2) is 0 Å². The number of rotatable bonds is 5. The van der Waals surface area contributed by atoms with E-state index in [1.807, 2.05) is 0 Å². The second kappa shape index (κ2) is 8.10. The quantitative estimate of drug-likeness (QED) is 0.537. The van der Waals surface area contributed by atoms with Gasteiger partial charge in [0.1, 0.15) is 6.04 Å². The Morgan fingerprint density at radius 3 is 2.19 bits per heavy atom. The number of hydrogen-bond donors (Lipinski definition) is 2. The van der Waals surface area contributed by atoms with E-state index < -0.39 is 29.7 Å². The molecule has 0 aliphatic carbocycles. The van der Waals surface area contributed by atoms with Gasteiger partial charge in [0, 0.05) is 18.6 Å². The Morgan fingerprint density at radius 1 is 0.938 bits per heavy atom. The molecule has 4 amide bonds. The predicted octanol–water partition coefficient (Wildman–Crippen LogP) is 2.23. The second-order valence-corrected chi connectivity index (χ2v) is 7.08. The van der Waals surface area contributed by atoms with Crippen LogP contribution in [0.4, 0.5) is 11.4 Å². The van der Waals surface area contributed by atoms with Crippen molar-refractivity contribution in [2.45, 2.75) is 18.9 Å². The highest BCUT2D eigenvalue weighted by Crippen LogP contribution is 2.40. The third kappa shape index (κ3) is 3.53. The van der Waals surface area contributed by atoms with E-state index in [2.05, 4.69) is 15.5 Å². The fraction of sp³-hybridized carbons (Fsp3) is 0.238. The number of carbonyl (C=O) groups is 4. The maximum absolute atomic E-state index is 12.9. The lowest BCUT2D eigenvalue weighted by atomic mass is 10.0. The van der Waals surface area contributed by atoms with E-state index in [4.69, 9.17) is 9.47 Å². The SMILES string of the molecule is COc1cc(/N=N/c2ccc3c(c2)C(=O)N(C2CCC(=O)NC2=O)C3=O)cc(OC)c1O. The average molecular weight is 438 g/mol. The third-order valence-corrected chi connectivity index (χ3v) is 5.17. The first-order chi connectivity index (χ1) is 15.3. The molecule has 0 saturated carbocycles. The van der Waals surface area contributed by atoms with E-state index in [9.17, 15) is 24.3 Å². The molecule has 0 spiro atoms. The average Bonchev–Trinajstić information content (AvgIpc) is 3.03. The van der Waals surface area contributed by atoms with Gasteiger partial charge in [0.15, 0.2) is 11.5 Å². The number of methoxy groups -OCH3 is 2. The summed E-state index contributed by atoms with van der Waals surface area (Å²) < 4.78 is 10.2. The largest absolute Gasteiger partial charge is 0.502 e. The topological polar surface area (TPSA) is 147 Å². The number of phenolic OH excluding ortho intramolecular Hbond substituents is 1. The number of fused-ring (bicyclic) bond motifs is 1. The highest BCUT2D eigenvalue weighted by molar-refractivity contribution is 6.23. The monoisotopic (exact) mass is 438 g/mol. The summed E-state index contributed by atoms with van der Waals surface area (Å²) in [5.41, 5.74) is 0.856. The number of azo groups is 1. The van der Waals surface area contributed by atoms with Crippen molar-refractivity contribution in [2.75, 3.05) is 14.2 Å². The summed E-state index contributed by atoms with van der Waals surface area (Å²) in [5.74, 6) is -2.23. The van der Waals surface area contributed by atoms with Crippen molar-refractivity contribution in [1.29, 1.82) is 0 Å². The first kappa shape index (κ1) is 21.0. The Balaban J connectivity index is 1.61. The molecule has 2 aliphatic rings. The maximum atomic E-state index is 12.9. The third-order valence-electron chi connectivity index (χ3n) is 5.17. The lowest BCUT2D eigenvalue weighted by Gasteiger charge is -2.27. The number of nitrogens with one attached hydrogen (secondary N) is 1. The zero-order chi connectivity index (χ0) is 23.0. The predicted molar refractivity (Wildman–Crippen MR) is 109 cm³/mol. The fourth-order valence-electron chi connectivity index (χ4n) is 3.57. The Kier molecular flexibility index (Phi) is 5.31. The van der Waals surface area contributed by atoms with Crippen LogP contribution in [0, 0.1) is 0 Å². The van der Waals surface area contributed by atoms with Crippen LogP contribution in [0.3, 0.4) is 0 Å². The van der Waals surface area contributed by atoms with Gasteiger partial charge in [-0.2, -0.15) is 10.2 Å². The number of nitrogens with zero attached hydrogens (tertiary/aromatic N) is 3. The molecular formula is C21H18N4O7. The summed E-state index contributed by atoms with van der Waals surface area (Å²) in [7, 11) is 2.76. The van der Waals surface area contributed by atoms with E-state index >= 15 is 0 Å². The van der Waals surface area contributed by atoms with E-state index in [1.54, 1.807) is 0 Å². The molecule has 11 nitrogen and oxygen atoms in total. The molecule has 4 rings (SSSR count). The van der Waals surface area contributed by atoms with Gasteiger partial charge in [-0.1, -0.05) is 0 Å². The van der Waals surface area contributed by atoms with Crippen molar-refractivity contribution in [3.63, 3.8) is 0 Å². The van der Waals surface area contributed by atoms with Crippen molar-refractivity contribution in [3.05, 3.63) is 41.5 Å². The standard InChI is InChI=1S/C21H18N4O7/c1-31-15-8-11(9-16(32-2)18(15)27)24-23-10-3-4-12-13(7-10)21(30)25(20(12)29)14-5-6-17(26)22-19(14)28/h3-4,7-9,14,27H,5-6H2,1-2H3,(H,22,26,28)/b24-23+. The molecule has 2 N–H and O–H groups in total. The molecule has 164 valence electrons. The number of phenols is 1. The summed E-state index contributed by atoms with van der Waals surface area (Å²) >= 11 is 0. The van der Waals surface area contributed by atoms with Crippen molar-refractivity contribution < 1.29 is 33.8 Å². The summed E-state index contributed by atoms with van der Waals surface area (Å²) in [5, 5.41) is 20.3. The first-order valence-corrected chi connectivity index (χ1v) is 9.56. The lowest BCUT2D eigenvalue weighted by molar-refractivity contribution is -0.136. The summed E-state index contributed by atoms with van der Waals surface area (Å²) in [4.78, 5) is 50.0. The molecule has 0 aromatic heterocycles. The van der Waals surface area contributed by atoms with Gasteiger partial charge >= 0.3 is 0 Å². The van der Waals surface area contributed by atoms with Crippen LogP contribution in [-0.2, 0) is 9.59 Å². The number of hydrogen-bond acceptors (Lipinski definition) is 9. The van der Waals surface area contributed by atoms with E-state index in [0.29, 0.717) is 11.4 Å². The van der Waals surface area contributed by atoms with Gasteiger partial charge in [0.2, 0.25) is 17.6 Å². The lowest BCUT2D eigenvalue weighted by Crippen LogP contribution is -2.54. The Hall–Kier alpha value is -4.28. The van der Waals surface area contributed by atoms with Crippen LogP contribution < -0.4 is 14.8 Å². The van der Waals surface area contributed by atoms with Gasteiger partial charge in [0.25, 0.3) is 11.8 Å². The highest BCUT2D eigenvalue weighted by Gasteiger charge is 2.44. The maximum Gasteiger partial charge on any atom is 0.262 e. The van der Waals surface area contributed by atoms with E-state index in [-0.39, 0.29) is 41.2 Å². The Morgan fingerprint density at radius 2 is 1.56 bits per heavy atom. The van der Waals surface area contributed by atoms with Crippen LogP contribution in [0.25, 0.3) is 0 Å². The van der Waals surface area contributed by atoms with Crippen molar-refractivity contribution in [1.82, 2.24) is 10.2 Å². The molecule has 1 fully saturated rings. The molecule has 0 radical (unpaired) electrons. The molecule has 1 unspecified atom stereocenters. The number of amides is 4. The van der Waals surface area contributed by atoms with Crippen LogP contribution in [-0.4, -0.2) is 53.9 Å². The molecule has 1 atom stereocenters. The Labute approximate surface area is 181 Å². The molecule has 2 aliphatic heterocycles. The molecule has 2 heterocycles. The minimum absolute atomic E-state index is 0.0445. The fourth-order valence-corrected chi connectivity index (χ4v) is 3.57. The first-order valence-electron chi connectivity index (χ1n) is 9.56. The molecule has 2 aromatic carbocycles. The van der Waals surface area contributed by atoms with Gasteiger partial charge in [0.05, 0.1) is 36.7 Å². The van der Waals surface area contributed by atoms with Crippen LogP contribution in [0.15, 0.2) is 40.6 Å². The number of ether oxygens (including phenoxy) is 2. The number of imide groups is 2. The van der Waals surface area contributed by atoms with Crippen molar-refractivity contribution >= 4 is 35.0 Å². The molecule has 1 saturated heterocycles.